The molecule has 0 aliphatic rings. The minimum atomic E-state index is -2.49. The maximum atomic E-state index is 10.5. The molecular weight excluding hydrogens is 224 g/mol. The van der Waals surface area contributed by atoms with Crippen molar-refractivity contribution in [2.75, 3.05) is 0 Å². The fraction of sp³-hybridized carbons (Fsp3) is 0. The van der Waals surface area contributed by atoms with Gasteiger partial charge in [0.25, 0.3) is 0 Å². The molecule has 0 spiro atoms. The second-order valence-electron chi connectivity index (χ2n) is 3.05. The van der Waals surface area contributed by atoms with Gasteiger partial charge in [0.2, 0.25) is 0 Å². The van der Waals surface area contributed by atoms with Crippen molar-refractivity contribution in [3.63, 3.8) is 0 Å². The summed E-state index contributed by atoms with van der Waals surface area (Å²) < 4.78 is 24.5. The molecule has 0 radical (unpaired) electrons. The second kappa shape index (κ2) is 4.67. The van der Waals surface area contributed by atoms with E-state index in [-0.39, 0.29) is 5.82 Å². The number of pyridine rings is 1. The van der Waals surface area contributed by atoms with Gasteiger partial charge in [0, 0.05) is 11.8 Å². The second-order valence-corrected chi connectivity index (χ2v) is 3.67. The van der Waals surface area contributed by atoms with E-state index in [9.17, 15) is 8.42 Å². The first-order valence-electron chi connectivity index (χ1n) is 4.59. The average Bonchev–Trinajstić information content (AvgIpc) is 2.30. The van der Waals surface area contributed by atoms with E-state index in [0.717, 1.165) is 5.56 Å². The van der Waals surface area contributed by atoms with Crippen LogP contribution in [-0.2, 0) is 10.5 Å². The molecule has 0 saturated heterocycles. The van der Waals surface area contributed by atoms with Gasteiger partial charge in [-0.05, 0) is 17.7 Å². The lowest BCUT2D eigenvalue weighted by atomic mass is 10.1. The molecule has 80 valence electrons. The Labute approximate surface area is 94.3 Å². The summed E-state index contributed by atoms with van der Waals surface area (Å²) in [6.45, 7) is 0. The maximum absolute atomic E-state index is 10.5. The van der Waals surface area contributed by atoms with Crippen LogP contribution in [0.15, 0.2) is 53.0 Å². The van der Waals surface area contributed by atoms with Gasteiger partial charge in [-0.1, -0.05) is 30.3 Å². The Morgan fingerprint density at radius 2 is 1.75 bits per heavy atom. The van der Waals surface area contributed by atoms with Gasteiger partial charge in [0.15, 0.2) is 5.82 Å². The topological polar surface area (TPSA) is 59.4 Å². The van der Waals surface area contributed by atoms with Crippen LogP contribution in [0.4, 0.5) is 5.82 Å². The van der Waals surface area contributed by atoms with Crippen LogP contribution in [0.5, 0.6) is 0 Å². The molecule has 2 aromatic rings. The van der Waals surface area contributed by atoms with Crippen molar-refractivity contribution in [3.8, 4) is 11.1 Å². The van der Waals surface area contributed by atoms with E-state index in [1.807, 2.05) is 30.3 Å². The van der Waals surface area contributed by atoms with Crippen LogP contribution in [0.25, 0.3) is 11.1 Å². The Kier molecular flexibility index (Phi) is 3.07. The molecule has 0 saturated carbocycles. The lowest BCUT2D eigenvalue weighted by Gasteiger charge is -2.02. The molecule has 1 heterocycles. The summed E-state index contributed by atoms with van der Waals surface area (Å²) in [5.41, 5.74) is 1.59. The summed E-state index contributed by atoms with van der Waals surface area (Å²) in [5.74, 6) is 0.210. The predicted octanol–water partition coefficient (Wildman–Crippen LogP) is 2.44. The molecule has 0 atom stereocenters. The summed E-state index contributed by atoms with van der Waals surface area (Å²) in [6, 6.07) is 12.9. The molecule has 0 amide bonds. The molecule has 4 nitrogen and oxygen atoms in total. The van der Waals surface area contributed by atoms with Gasteiger partial charge in [-0.3, -0.25) is 0 Å². The van der Waals surface area contributed by atoms with Gasteiger partial charge in [-0.25, -0.2) is 4.98 Å². The van der Waals surface area contributed by atoms with Crippen LogP contribution in [0.2, 0.25) is 0 Å². The highest BCUT2D eigenvalue weighted by Gasteiger charge is 2.04. The van der Waals surface area contributed by atoms with Crippen molar-refractivity contribution in [2.24, 2.45) is 4.36 Å². The van der Waals surface area contributed by atoms with Gasteiger partial charge in [-0.2, -0.15) is 8.42 Å². The van der Waals surface area contributed by atoms with E-state index in [4.69, 9.17) is 0 Å². The zero-order valence-electron chi connectivity index (χ0n) is 8.24. The number of hydrogen-bond acceptors (Lipinski definition) is 4. The summed E-state index contributed by atoms with van der Waals surface area (Å²) in [7, 11) is -2.49. The normalized spacial score (nSPS) is 9.75. The van der Waals surface area contributed by atoms with Crippen molar-refractivity contribution >= 4 is 16.3 Å². The molecule has 5 heteroatoms. The van der Waals surface area contributed by atoms with Crippen molar-refractivity contribution in [3.05, 3.63) is 48.7 Å². The SMILES string of the molecule is O=S(=O)=Nc1ncccc1-c1ccccc1. The van der Waals surface area contributed by atoms with Crippen LogP contribution in [0.3, 0.4) is 0 Å². The minimum Gasteiger partial charge on any atom is -0.236 e. The molecule has 0 aliphatic heterocycles. The standard InChI is InChI=1S/C11H8N2O2S/c14-16(15)13-11-10(7-4-8-12-11)9-5-2-1-3-6-9/h1-8H. The Bertz CT molecular complexity index is 613. The highest BCUT2D eigenvalue weighted by Crippen LogP contribution is 2.27. The Morgan fingerprint density at radius 3 is 2.44 bits per heavy atom. The smallest absolute Gasteiger partial charge is 0.236 e. The first-order chi connectivity index (χ1) is 7.77. The molecule has 0 fully saturated rings. The third-order valence-electron chi connectivity index (χ3n) is 2.03. The van der Waals surface area contributed by atoms with Crippen LogP contribution >= 0.6 is 0 Å². The molecule has 1 aromatic carbocycles. The quantitative estimate of drug-likeness (QED) is 0.799. The van der Waals surface area contributed by atoms with E-state index >= 15 is 0 Å². The van der Waals surface area contributed by atoms with Crippen LogP contribution in [0, 0.1) is 0 Å². The number of aromatic nitrogens is 1. The lowest BCUT2D eigenvalue weighted by Crippen LogP contribution is -1.81. The molecule has 16 heavy (non-hydrogen) atoms. The van der Waals surface area contributed by atoms with E-state index in [1.165, 1.54) is 6.20 Å². The molecular formula is C11H8N2O2S. The largest absolute Gasteiger partial charge is 0.317 e. The summed E-state index contributed by atoms with van der Waals surface area (Å²) in [5, 5.41) is 0. The number of benzene rings is 1. The average molecular weight is 232 g/mol. The first-order valence-corrected chi connectivity index (χ1v) is 5.62. The Balaban J connectivity index is 2.62. The maximum Gasteiger partial charge on any atom is 0.317 e. The van der Waals surface area contributed by atoms with Crippen LogP contribution < -0.4 is 0 Å². The summed E-state index contributed by atoms with van der Waals surface area (Å²) in [4.78, 5) is 3.94. The van der Waals surface area contributed by atoms with Crippen molar-refractivity contribution < 1.29 is 8.42 Å². The molecule has 0 N–H and O–H groups in total. The van der Waals surface area contributed by atoms with Gasteiger partial charge in [0.1, 0.15) is 0 Å². The third kappa shape index (κ3) is 2.32. The van der Waals surface area contributed by atoms with Gasteiger partial charge < -0.3 is 0 Å². The van der Waals surface area contributed by atoms with Crippen molar-refractivity contribution in [1.29, 1.82) is 0 Å². The first kappa shape index (κ1) is 10.5. The monoisotopic (exact) mass is 232 g/mol. The van der Waals surface area contributed by atoms with Crippen LogP contribution in [0.1, 0.15) is 0 Å². The lowest BCUT2D eigenvalue weighted by molar-refractivity contribution is 0.622. The summed E-state index contributed by atoms with van der Waals surface area (Å²) >= 11 is 0. The van der Waals surface area contributed by atoms with Crippen LogP contribution in [-0.4, -0.2) is 13.4 Å². The van der Waals surface area contributed by atoms with Gasteiger partial charge >= 0.3 is 10.5 Å². The summed E-state index contributed by atoms with van der Waals surface area (Å²) in [6.07, 6.45) is 1.51. The van der Waals surface area contributed by atoms with E-state index in [1.54, 1.807) is 12.1 Å². The fourth-order valence-corrected chi connectivity index (χ4v) is 1.67. The highest BCUT2D eigenvalue weighted by atomic mass is 32.2. The molecule has 0 bridgehead atoms. The zero-order valence-corrected chi connectivity index (χ0v) is 9.05. The molecule has 0 aliphatic carbocycles. The third-order valence-corrected chi connectivity index (χ3v) is 2.35. The highest BCUT2D eigenvalue weighted by molar-refractivity contribution is 7.61. The molecule has 1 aromatic heterocycles. The Hall–Kier alpha value is -2.01. The van der Waals surface area contributed by atoms with E-state index < -0.39 is 10.5 Å². The van der Waals surface area contributed by atoms with E-state index in [2.05, 4.69) is 9.35 Å². The zero-order chi connectivity index (χ0) is 11.4. The fourth-order valence-electron chi connectivity index (χ4n) is 1.38. The van der Waals surface area contributed by atoms with Crippen molar-refractivity contribution in [2.45, 2.75) is 0 Å². The number of rotatable bonds is 2. The minimum absolute atomic E-state index is 0.210. The number of hydrogen-bond donors (Lipinski definition) is 0. The predicted molar refractivity (Wildman–Crippen MR) is 60.7 cm³/mol. The molecule has 2 rings (SSSR count). The van der Waals surface area contributed by atoms with Gasteiger partial charge in [0.05, 0.1) is 0 Å². The van der Waals surface area contributed by atoms with Gasteiger partial charge in [-0.15, -0.1) is 4.36 Å². The molecule has 0 unspecified atom stereocenters. The van der Waals surface area contributed by atoms with E-state index in [0.29, 0.717) is 5.56 Å². The van der Waals surface area contributed by atoms with Crippen molar-refractivity contribution in [1.82, 2.24) is 4.98 Å². The number of nitrogens with zero attached hydrogens (tertiary/aromatic N) is 2. The Morgan fingerprint density at radius 1 is 1.00 bits per heavy atom.